The predicted octanol–water partition coefficient (Wildman–Crippen LogP) is 1.41. The van der Waals surface area contributed by atoms with E-state index in [4.69, 9.17) is 4.42 Å². The number of urea groups is 1. The quantitative estimate of drug-likeness (QED) is 0.785. The highest BCUT2D eigenvalue weighted by molar-refractivity contribution is 6.05. The molecule has 124 valence electrons. The van der Waals surface area contributed by atoms with Gasteiger partial charge in [-0.2, -0.15) is 0 Å². The largest absolute Gasteiger partial charge is 0.467 e. The van der Waals surface area contributed by atoms with Crippen LogP contribution in [0, 0.1) is 0 Å². The molecule has 1 atom stereocenters. The van der Waals surface area contributed by atoms with E-state index in [1.165, 1.54) is 6.26 Å². The molecular formula is C17H17N3O4. The standard InChI is InChI=1S/C17H17N3O4/c21-15(18-10-12-5-2-1-3-6-12)9-14-16(22)20(17(23)19-14)11-13-7-4-8-24-13/h1-8,14H,9-11H2,(H,18,21)(H,19,23). The Morgan fingerprint density at radius 3 is 2.67 bits per heavy atom. The van der Waals surface area contributed by atoms with Crippen LogP contribution in [-0.4, -0.2) is 28.8 Å². The summed E-state index contributed by atoms with van der Waals surface area (Å²) >= 11 is 0. The fourth-order valence-electron chi connectivity index (χ4n) is 2.48. The average Bonchev–Trinajstić information content (AvgIpc) is 3.18. The van der Waals surface area contributed by atoms with Crippen LogP contribution in [0.4, 0.5) is 4.79 Å². The van der Waals surface area contributed by atoms with E-state index in [0.29, 0.717) is 12.3 Å². The van der Waals surface area contributed by atoms with Gasteiger partial charge in [-0.15, -0.1) is 0 Å². The Labute approximate surface area is 138 Å². The fraction of sp³-hybridized carbons (Fsp3) is 0.235. The van der Waals surface area contributed by atoms with Crippen LogP contribution in [0.2, 0.25) is 0 Å². The minimum absolute atomic E-state index is 0.0554. The Balaban J connectivity index is 1.52. The molecular weight excluding hydrogens is 310 g/mol. The third-order valence-corrected chi connectivity index (χ3v) is 3.72. The van der Waals surface area contributed by atoms with Gasteiger partial charge >= 0.3 is 6.03 Å². The molecule has 1 aromatic carbocycles. The lowest BCUT2D eigenvalue weighted by atomic mass is 10.2. The lowest BCUT2D eigenvalue weighted by molar-refractivity contribution is -0.131. The third-order valence-electron chi connectivity index (χ3n) is 3.72. The lowest BCUT2D eigenvalue weighted by Crippen LogP contribution is -2.36. The van der Waals surface area contributed by atoms with Crippen molar-refractivity contribution >= 4 is 17.8 Å². The fourth-order valence-corrected chi connectivity index (χ4v) is 2.48. The number of nitrogens with one attached hydrogen (secondary N) is 2. The summed E-state index contributed by atoms with van der Waals surface area (Å²) in [4.78, 5) is 37.2. The van der Waals surface area contributed by atoms with Gasteiger partial charge in [-0.05, 0) is 17.7 Å². The summed E-state index contributed by atoms with van der Waals surface area (Å²) in [5.74, 6) is -0.212. The van der Waals surface area contributed by atoms with Crippen LogP contribution in [-0.2, 0) is 22.7 Å². The molecule has 0 saturated carbocycles. The Morgan fingerprint density at radius 1 is 1.17 bits per heavy atom. The van der Waals surface area contributed by atoms with E-state index in [0.717, 1.165) is 10.5 Å². The molecule has 1 saturated heterocycles. The molecule has 2 heterocycles. The van der Waals surface area contributed by atoms with Crippen LogP contribution in [0.15, 0.2) is 53.1 Å². The van der Waals surface area contributed by atoms with Gasteiger partial charge in [-0.3, -0.25) is 14.5 Å². The first-order valence-corrected chi connectivity index (χ1v) is 7.58. The van der Waals surface area contributed by atoms with E-state index in [2.05, 4.69) is 10.6 Å². The van der Waals surface area contributed by atoms with Crippen LogP contribution in [0.5, 0.6) is 0 Å². The van der Waals surface area contributed by atoms with Crippen LogP contribution >= 0.6 is 0 Å². The summed E-state index contributed by atoms with van der Waals surface area (Å²) in [6.07, 6.45) is 1.38. The van der Waals surface area contributed by atoms with E-state index in [9.17, 15) is 14.4 Å². The van der Waals surface area contributed by atoms with Gasteiger partial charge in [0, 0.05) is 6.54 Å². The number of carbonyl (C=O) groups excluding carboxylic acids is 3. The summed E-state index contributed by atoms with van der Waals surface area (Å²) in [7, 11) is 0. The highest BCUT2D eigenvalue weighted by Gasteiger charge is 2.39. The number of imide groups is 1. The number of rotatable bonds is 6. The van der Waals surface area contributed by atoms with Gasteiger partial charge in [0.05, 0.1) is 19.2 Å². The zero-order chi connectivity index (χ0) is 16.9. The summed E-state index contributed by atoms with van der Waals surface area (Å²) in [5.41, 5.74) is 0.965. The van der Waals surface area contributed by atoms with Gasteiger partial charge in [0.25, 0.3) is 5.91 Å². The van der Waals surface area contributed by atoms with Crippen molar-refractivity contribution in [3.05, 3.63) is 60.1 Å². The van der Waals surface area contributed by atoms with Crippen molar-refractivity contribution < 1.29 is 18.8 Å². The zero-order valence-corrected chi connectivity index (χ0v) is 12.9. The van der Waals surface area contributed by atoms with Gasteiger partial charge in [0.1, 0.15) is 11.8 Å². The molecule has 2 N–H and O–H groups in total. The van der Waals surface area contributed by atoms with Crippen molar-refractivity contribution in [1.29, 1.82) is 0 Å². The molecule has 3 rings (SSSR count). The topological polar surface area (TPSA) is 91.7 Å². The highest BCUT2D eigenvalue weighted by Crippen LogP contribution is 2.14. The Bertz CT molecular complexity index is 728. The summed E-state index contributed by atoms with van der Waals surface area (Å²) in [5, 5.41) is 5.27. The molecule has 1 aliphatic rings. The molecule has 0 spiro atoms. The minimum atomic E-state index is -0.844. The number of amides is 4. The molecule has 0 aliphatic carbocycles. The maximum Gasteiger partial charge on any atom is 0.325 e. The number of furan rings is 1. The molecule has 4 amide bonds. The molecule has 0 bridgehead atoms. The van der Waals surface area contributed by atoms with Crippen molar-refractivity contribution in [2.45, 2.75) is 25.6 Å². The van der Waals surface area contributed by atoms with Gasteiger partial charge in [-0.25, -0.2) is 4.79 Å². The summed E-state index contributed by atoms with van der Waals surface area (Å²) in [6.45, 7) is 0.435. The minimum Gasteiger partial charge on any atom is -0.467 e. The normalized spacial score (nSPS) is 17.0. The smallest absolute Gasteiger partial charge is 0.325 e. The van der Waals surface area contributed by atoms with Gasteiger partial charge < -0.3 is 15.1 Å². The van der Waals surface area contributed by atoms with Crippen molar-refractivity contribution in [3.8, 4) is 0 Å². The van der Waals surface area contributed by atoms with Crippen LogP contribution < -0.4 is 10.6 Å². The molecule has 2 aromatic rings. The second-order valence-electron chi connectivity index (χ2n) is 5.47. The highest BCUT2D eigenvalue weighted by atomic mass is 16.3. The van der Waals surface area contributed by atoms with Crippen LogP contribution in [0.1, 0.15) is 17.7 Å². The zero-order valence-electron chi connectivity index (χ0n) is 12.9. The molecule has 0 radical (unpaired) electrons. The van der Waals surface area contributed by atoms with Crippen LogP contribution in [0.3, 0.4) is 0 Å². The van der Waals surface area contributed by atoms with Crippen molar-refractivity contribution in [2.24, 2.45) is 0 Å². The van der Waals surface area contributed by atoms with E-state index < -0.39 is 18.0 Å². The third kappa shape index (κ3) is 3.62. The van der Waals surface area contributed by atoms with Gasteiger partial charge in [0.15, 0.2) is 0 Å². The number of hydrogen-bond donors (Lipinski definition) is 2. The van der Waals surface area contributed by atoms with Crippen molar-refractivity contribution in [1.82, 2.24) is 15.5 Å². The van der Waals surface area contributed by atoms with Crippen LogP contribution in [0.25, 0.3) is 0 Å². The molecule has 1 aliphatic heterocycles. The summed E-state index contributed by atoms with van der Waals surface area (Å²) in [6, 6.07) is 11.5. The SMILES string of the molecule is O=C(CC1NC(=O)N(Cc2ccco2)C1=O)NCc1ccccc1. The molecule has 1 aromatic heterocycles. The first-order valence-electron chi connectivity index (χ1n) is 7.58. The first-order chi connectivity index (χ1) is 11.6. The van der Waals surface area contributed by atoms with E-state index in [1.807, 2.05) is 30.3 Å². The molecule has 7 heteroatoms. The predicted molar refractivity (Wildman–Crippen MR) is 84.5 cm³/mol. The van der Waals surface area contributed by atoms with Crippen molar-refractivity contribution in [3.63, 3.8) is 0 Å². The second kappa shape index (κ2) is 6.99. The Hall–Kier alpha value is -3.09. The van der Waals surface area contributed by atoms with Crippen molar-refractivity contribution in [2.75, 3.05) is 0 Å². The number of carbonyl (C=O) groups is 3. The maximum atomic E-state index is 12.3. The maximum absolute atomic E-state index is 12.3. The monoisotopic (exact) mass is 327 g/mol. The number of hydrogen-bond acceptors (Lipinski definition) is 4. The molecule has 7 nitrogen and oxygen atoms in total. The number of benzene rings is 1. The Kier molecular flexibility index (Phi) is 4.60. The van der Waals surface area contributed by atoms with Gasteiger partial charge in [-0.1, -0.05) is 30.3 Å². The second-order valence-corrected chi connectivity index (χ2v) is 5.47. The molecule has 24 heavy (non-hydrogen) atoms. The average molecular weight is 327 g/mol. The molecule has 1 unspecified atom stereocenters. The first kappa shape index (κ1) is 15.8. The number of nitrogens with zero attached hydrogens (tertiary/aromatic N) is 1. The molecule has 1 fully saturated rings. The van der Waals surface area contributed by atoms with E-state index >= 15 is 0 Å². The summed E-state index contributed by atoms with van der Waals surface area (Å²) < 4.78 is 5.14. The van der Waals surface area contributed by atoms with E-state index in [1.54, 1.807) is 12.1 Å². The van der Waals surface area contributed by atoms with E-state index in [-0.39, 0.29) is 18.9 Å². The van der Waals surface area contributed by atoms with Gasteiger partial charge in [0.2, 0.25) is 5.91 Å². The Morgan fingerprint density at radius 2 is 1.96 bits per heavy atom. The lowest BCUT2D eigenvalue weighted by Gasteiger charge is -2.11.